The molecule has 2 N–H and O–H groups in total. The van der Waals surface area contributed by atoms with Gasteiger partial charge in [0.15, 0.2) is 0 Å². The van der Waals surface area contributed by atoms with E-state index in [2.05, 4.69) is 82.3 Å². The molecule has 0 atom stereocenters. The lowest BCUT2D eigenvalue weighted by Gasteiger charge is -2.37. The summed E-state index contributed by atoms with van der Waals surface area (Å²) in [6.07, 6.45) is 3.73. The molecule has 152 valence electrons. The Balaban J connectivity index is 0.000000589. The van der Waals surface area contributed by atoms with Crippen LogP contribution in [0.5, 0.6) is 0 Å². The van der Waals surface area contributed by atoms with E-state index in [1.54, 1.807) is 6.33 Å². The molecular weight excluding hydrogens is 376 g/mol. The highest BCUT2D eigenvalue weighted by Crippen LogP contribution is 2.40. The number of aromatic nitrogens is 2. The van der Waals surface area contributed by atoms with E-state index in [1.165, 1.54) is 0 Å². The van der Waals surface area contributed by atoms with Gasteiger partial charge in [0.2, 0.25) is 0 Å². The second-order valence-electron chi connectivity index (χ2n) is 6.76. The number of benzene rings is 3. The fourth-order valence-corrected chi connectivity index (χ4v) is 3.61. The molecule has 0 aliphatic carbocycles. The maximum Gasteiger partial charge on any atom is 0.300 e. The minimum Gasteiger partial charge on any atom is -0.481 e. The van der Waals surface area contributed by atoms with Crippen molar-refractivity contribution >= 4 is 5.97 Å². The summed E-state index contributed by atoms with van der Waals surface area (Å²) in [5.74, 6) is -0.833. The van der Waals surface area contributed by atoms with Crippen LogP contribution in [0.4, 0.5) is 0 Å². The van der Waals surface area contributed by atoms with E-state index in [-0.39, 0.29) is 6.61 Å². The zero-order valence-corrected chi connectivity index (χ0v) is 16.7. The van der Waals surface area contributed by atoms with E-state index in [4.69, 9.17) is 9.90 Å². The minimum atomic E-state index is -0.833. The average molecular weight is 400 g/mol. The number of carboxylic acid groups (broad SMARTS) is 1. The fourth-order valence-electron chi connectivity index (χ4n) is 3.61. The monoisotopic (exact) mass is 400 g/mol. The smallest absolute Gasteiger partial charge is 0.300 e. The molecule has 1 aromatic heterocycles. The first-order valence-corrected chi connectivity index (χ1v) is 9.59. The Hall–Kier alpha value is -3.70. The molecule has 1 heterocycles. The summed E-state index contributed by atoms with van der Waals surface area (Å²) in [4.78, 5) is 13.4. The van der Waals surface area contributed by atoms with Gasteiger partial charge in [0, 0.05) is 13.1 Å². The molecule has 0 aliphatic rings. The zero-order valence-electron chi connectivity index (χ0n) is 16.7. The van der Waals surface area contributed by atoms with Crippen LogP contribution in [0.15, 0.2) is 104 Å². The second-order valence-corrected chi connectivity index (χ2v) is 6.76. The van der Waals surface area contributed by atoms with Gasteiger partial charge in [0.25, 0.3) is 5.97 Å². The van der Waals surface area contributed by atoms with Gasteiger partial charge in [-0.2, -0.15) is 0 Å². The number of aliphatic hydroxyl groups is 1. The standard InChI is InChI=1S/C23H20N2O.C2H4O2/c26-17-22-16-25(18-24-22)23(19-10-4-1-5-11-19,20-12-6-2-7-13-20)21-14-8-3-9-15-21;1-2(3)4/h1-16,18,26H,17H2;1H3,(H,3,4). The molecule has 0 spiro atoms. The number of nitrogens with zero attached hydrogens (tertiary/aromatic N) is 2. The van der Waals surface area contributed by atoms with Gasteiger partial charge in [-0.15, -0.1) is 0 Å². The molecule has 30 heavy (non-hydrogen) atoms. The van der Waals surface area contributed by atoms with Crippen molar-refractivity contribution in [1.82, 2.24) is 9.55 Å². The molecule has 0 saturated heterocycles. The SMILES string of the molecule is CC(=O)O.OCc1cn(C(c2ccccc2)(c2ccccc2)c2ccccc2)cn1. The topological polar surface area (TPSA) is 75.3 Å². The van der Waals surface area contributed by atoms with Gasteiger partial charge in [0.1, 0.15) is 5.54 Å². The largest absolute Gasteiger partial charge is 0.481 e. The van der Waals surface area contributed by atoms with Gasteiger partial charge >= 0.3 is 0 Å². The molecule has 0 bridgehead atoms. The van der Waals surface area contributed by atoms with Crippen molar-refractivity contribution in [3.63, 3.8) is 0 Å². The molecule has 4 aromatic rings. The lowest BCUT2D eigenvalue weighted by atomic mass is 9.77. The Bertz CT molecular complexity index is 961. The third-order valence-electron chi connectivity index (χ3n) is 4.76. The maximum atomic E-state index is 9.55. The normalized spacial score (nSPS) is 10.7. The molecule has 0 aliphatic heterocycles. The summed E-state index contributed by atoms with van der Waals surface area (Å²) < 4.78 is 2.10. The summed E-state index contributed by atoms with van der Waals surface area (Å²) in [6, 6.07) is 31.2. The van der Waals surface area contributed by atoms with Crippen molar-refractivity contribution < 1.29 is 15.0 Å². The number of imidazole rings is 1. The zero-order chi connectivity index (χ0) is 21.4. The molecular formula is C25H24N2O3. The van der Waals surface area contributed by atoms with Crippen molar-refractivity contribution in [2.75, 3.05) is 0 Å². The van der Waals surface area contributed by atoms with Gasteiger partial charge < -0.3 is 14.8 Å². The van der Waals surface area contributed by atoms with Crippen molar-refractivity contribution in [3.05, 3.63) is 126 Å². The lowest BCUT2D eigenvalue weighted by Crippen LogP contribution is -2.36. The summed E-state index contributed by atoms with van der Waals surface area (Å²) in [7, 11) is 0. The average Bonchev–Trinajstić information content (AvgIpc) is 3.26. The van der Waals surface area contributed by atoms with Crippen LogP contribution < -0.4 is 0 Å². The van der Waals surface area contributed by atoms with Crippen LogP contribution in [0.25, 0.3) is 0 Å². The number of hydrogen-bond acceptors (Lipinski definition) is 3. The fraction of sp³-hybridized carbons (Fsp3) is 0.120. The van der Waals surface area contributed by atoms with Gasteiger partial charge in [-0.3, -0.25) is 4.79 Å². The molecule has 5 nitrogen and oxygen atoms in total. The van der Waals surface area contributed by atoms with Crippen LogP contribution in [-0.4, -0.2) is 25.7 Å². The van der Waals surface area contributed by atoms with E-state index in [1.807, 2.05) is 24.4 Å². The Labute approximate surface area is 175 Å². The lowest BCUT2D eigenvalue weighted by molar-refractivity contribution is -0.134. The molecule has 5 heteroatoms. The quantitative estimate of drug-likeness (QED) is 0.490. The van der Waals surface area contributed by atoms with Crippen molar-refractivity contribution in [1.29, 1.82) is 0 Å². The molecule has 4 rings (SSSR count). The second kappa shape index (κ2) is 9.67. The van der Waals surface area contributed by atoms with Crippen molar-refractivity contribution in [2.45, 2.75) is 19.1 Å². The predicted octanol–water partition coefficient (Wildman–Crippen LogP) is 4.31. The number of hydrogen-bond donors (Lipinski definition) is 2. The Morgan fingerprint density at radius 3 is 1.50 bits per heavy atom. The van der Waals surface area contributed by atoms with Crippen LogP contribution in [0, 0.1) is 0 Å². The molecule has 0 unspecified atom stereocenters. The molecule has 0 amide bonds. The summed E-state index contributed by atoms with van der Waals surface area (Å²) in [5, 5.41) is 17.0. The number of aliphatic hydroxyl groups excluding tert-OH is 1. The van der Waals surface area contributed by atoms with Gasteiger partial charge in [-0.1, -0.05) is 91.0 Å². The molecule has 3 aromatic carbocycles. The highest BCUT2D eigenvalue weighted by molar-refractivity contribution is 5.63. The highest BCUT2D eigenvalue weighted by Gasteiger charge is 2.38. The molecule has 0 radical (unpaired) electrons. The van der Waals surface area contributed by atoms with Gasteiger partial charge in [-0.25, -0.2) is 4.98 Å². The molecule has 0 fully saturated rings. The highest BCUT2D eigenvalue weighted by atomic mass is 16.4. The third kappa shape index (κ3) is 4.31. The van der Waals surface area contributed by atoms with Crippen molar-refractivity contribution in [2.24, 2.45) is 0 Å². The van der Waals surface area contributed by atoms with E-state index < -0.39 is 11.5 Å². The number of carbonyl (C=O) groups is 1. The first-order valence-electron chi connectivity index (χ1n) is 9.59. The van der Waals surface area contributed by atoms with Crippen molar-refractivity contribution in [3.8, 4) is 0 Å². The van der Waals surface area contributed by atoms with Gasteiger partial charge in [-0.05, 0) is 16.7 Å². The predicted molar refractivity (Wildman–Crippen MR) is 116 cm³/mol. The van der Waals surface area contributed by atoms with E-state index in [0.29, 0.717) is 5.69 Å². The van der Waals surface area contributed by atoms with E-state index in [0.717, 1.165) is 23.6 Å². The first kappa shape index (κ1) is 21.0. The third-order valence-corrected chi connectivity index (χ3v) is 4.76. The van der Waals surface area contributed by atoms with Crippen LogP contribution in [0.3, 0.4) is 0 Å². The number of rotatable bonds is 5. The van der Waals surface area contributed by atoms with Crippen LogP contribution in [0.2, 0.25) is 0 Å². The summed E-state index contributed by atoms with van der Waals surface area (Å²) in [5.41, 5.74) is 3.50. The van der Waals surface area contributed by atoms with Crippen LogP contribution in [0.1, 0.15) is 29.3 Å². The van der Waals surface area contributed by atoms with Crippen LogP contribution in [-0.2, 0) is 16.9 Å². The van der Waals surface area contributed by atoms with Gasteiger partial charge in [0.05, 0.1) is 18.6 Å². The minimum absolute atomic E-state index is 0.0819. The Morgan fingerprint density at radius 1 is 0.833 bits per heavy atom. The van der Waals surface area contributed by atoms with E-state index in [9.17, 15) is 5.11 Å². The maximum absolute atomic E-state index is 9.55. The van der Waals surface area contributed by atoms with Crippen LogP contribution >= 0.6 is 0 Å². The Morgan fingerprint density at radius 2 is 1.20 bits per heavy atom. The summed E-state index contributed by atoms with van der Waals surface area (Å²) >= 11 is 0. The number of aliphatic carboxylic acids is 1. The molecule has 0 saturated carbocycles. The Kier molecular flexibility index (Phi) is 6.78. The summed E-state index contributed by atoms with van der Waals surface area (Å²) in [6.45, 7) is 1.00. The van der Waals surface area contributed by atoms with E-state index >= 15 is 0 Å². The first-order chi connectivity index (χ1) is 14.6. The number of carboxylic acids is 1.